The zero-order valence-electron chi connectivity index (χ0n) is 11.0. The van der Waals surface area contributed by atoms with Crippen LogP contribution in [0.15, 0.2) is 30.5 Å². The number of aromatic hydroxyl groups is 1. The Morgan fingerprint density at radius 1 is 1.11 bits per heavy atom. The summed E-state index contributed by atoms with van der Waals surface area (Å²) in [7, 11) is 0. The zero-order valence-corrected chi connectivity index (χ0v) is 11.0. The first-order valence-electron chi connectivity index (χ1n) is 6.02. The minimum atomic E-state index is 0.196. The van der Waals surface area contributed by atoms with Gasteiger partial charge in [0.15, 0.2) is 0 Å². The lowest BCUT2D eigenvalue weighted by Crippen LogP contribution is -2.04. The summed E-state index contributed by atoms with van der Waals surface area (Å²) in [6.07, 6.45) is 1.46. The van der Waals surface area contributed by atoms with Crippen LogP contribution in [-0.4, -0.2) is 10.1 Å². The van der Waals surface area contributed by atoms with Gasteiger partial charge in [-0.2, -0.15) is 0 Å². The Morgan fingerprint density at radius 2 is 1.78 bits per heavy atom. The summed E-state index contributed by atoms with van der Waals surface area (Å²) in [6.45, 7) is 6.97. The predicted molar refractivity (Wildman–Crippen MR) is 73.9 cm³/mol. The van der Waals surface area contributed by atoms with E-state index >= 15 is 0 Å². The average molecular weight is 242 g/mol. The van der Waals surface area contributed by atoms with E-state index in [-0.39, 0.29) is 5.75 Å². The molecule has 0 saturated heterocycles. The standard InChI is InChI=1S/C15H18N2O/c1-10-6-11(2)15(12(3)7-10)17-8-13-4-5-14(18)9-16-13/h4-7,9,17-18H,8H2,1-3H3. The van der Waals surface area contributed by atoms with Crippen LogP contribution < -0.4 is 5.32 Å². The fraction of sp³-hybridized carbons (Fsp3) is 0.267. The Morgan fingerprint density at radius 3 is 2.33 bits per heavy atom. The van der Waals surface area contributed by atoms with Crippen LogP contribution in [0.5, 0.6) is 5.75 Å². The maximum absolute atomic E-state index is 9.18. The van der Waals surface area contributed by atoms with Crippen molar-refractivity contribution in [1.29, 1.82) is 0 Å². The molecule has 2 N–H and O–H groups in total. The van der Waals surface area contributed by atoms with E-state index in [1.165, 1.54) is 22.9 Å². The first-order valence-corrected chi connectivity index (χ1v) is 6.02. The second-order valence-corrected chi connectivity index (χ2v) is 4.64. The Hall–Kier alpha value is -2.03. The zero-order chi connectivity index (χ0) is 13.1. The summed E-state index contributed by atoms with van der Waals surface area (Å²) in [5, 5.41) is 12.6. The fourth-order valence-corrected chi connectivity index (χ4v) is 2.16. The highest BCUT2D eigenvalue weighted by Gasteiger charge is 2.03. The number of aryl methyl sites for hydroxylation is 3. The molecular weight excluding hydrogens is 224 g/mol. The number of nitrogens with zero attached hydrogens (tertiary/aromatic N) is 1. The normalized spacial score (nSPS) is 10.4. The molecule has 0 spiro atoms. The highest BCUT2D eigenvalue weighted by molar-refractivity contribution is 5.58. The molecule has 0 saturated carbocycles. The Kier molecular flexibility index (Phi) is 3.51. The van der Waals surface area contributed by atoms with Gasteiger partial charge in [-0.1, -0.05) is 17.7 Å². The second-order valence-electron chi connectivity index (χ2n) is 4.64. The molecule has 3 heteroatoms. The van der Waals surface area contributed by atoms with Gasteiger partial charge >= 0.3 is 0 Å². The van der Waals surface area contributed by atoms with E-state index in [0.717, 1.165) is 11.4 Å². The molecule has 3 nitrogen and oxygen atoms in total. The van der Waals surface area contributed by atoms with Crippen LogP contribution in [0.25, 0.3) is 0 Å². The van der Waals surface area contributed by atoms with Crippen molar-refractivity contribution in [1.82, 2.24) is 4.98 Å². The van der Waals surface area contributed by atoms with Gasteiger partial charge in [-0.3, -0.25) is 4.98 Å². The van der Waals surface area contributed by atoms with Gasteiger partial charge in [0.05, 0.1) is 18.4 Å². The van der Waals surface area contributed by atoms with Crippen LogP contribution in [0, 0.1) is 20.8 Å². The predicted octanol–water partition coefficient (Wildman–Crippen LogP) is 3.32. The Labute approximate surface area is 108 Å². The smallest absolute Gasteiger partial charge is 0.133 e. The molecule has 2 aromatic rings. The first-order chi connectivity index (χ1) is 8.56. The summed E-state index contributed by atoms with van der Waals surface area (Å²) in [4.78, 5) is 4.16. The number of nitrogens with one attached hydrogen (secondary N) is 1. The van der Waals surface area contributed by atoms with Gasteiger partial charge < -0.3 is 10.4 Å². The lowest BCUT2D eigenvalue weighted by Gasteiger charge is -2.13. The lowest BCUT2D eigenvalue weighted by molar-refractivity contribution is 0.472. The molecule has 2 rings (SSSR count). The number of benzene rings is 1. The Balaban J connectivity index is 2.13. The van der Waals surface area contributed by atoms with Crippen LogP contribution in [0.3, 0.4) is 0 Å². The number of hydrogen-bond donors (Lipinski definition) is 2. The molecule has 1 aromatic heterocycles. The van der Waals surface area contributed by atoms with Gasteiger partial charge in [0, 0.05) is 5.69 Å². The van der Waals surface area contributed by atoms with Crippen molar-refractivity contribution in [2.24, 2.45) is 0 Å². The summed E-state index contributed by atoms with van der Waals surface area (Å²) >= 11 is 0. The summed E-state index contributed by atoms with van der Waals surface area (Å²) in [5.74, 6) is 0.196. The van der Waals surface area contributed by atoms with Crippen LogP contribution in [0.1, 0.15) is 22.4 Å². The SMILES string of the molecule is Cc1cc(C)c(NCc2ccc(O)cn2)c(C)c1. The number of hydrogen-bond acceptors (Lipinski definition) is 3. The van der Waals surface area contributed by atoms with Crippen molar-refractivity contribution in [3.05, 3.63) is 52.8 Å². The van der Waals surface area contributed by atoms with Crippen molar-refractivity contribution in [3.8, 4) is 5.75 Å². The molecule has 18 heavy (non-hydrogen) atoms. The minimum Gasteiger partial charge on any atom is -0.506 e. The monoisotopic (exact) mass is 242 g/mol. The molecule has 0 fully saturated rings. The van der Waals surface area contributed by atoms with Gasteiger partial charge in [-0.05, 0) is 44.0 Å². The molecule has 94 valence electrons. The van der Waals surface area contributed by atoms with Crippen molar-refractivity contribution in [3.63, 3.8) is 0 Å². The molecule has 0 aliphatic carbocycles. The maximum atomic E-state index is 9.18. The highest BCUT2D eigenvalue weighted by Crippen LogP contribution is 2.22. The maximum Gasteiger partial charge on any atom is 0.133 e. The van der Waals surface area contributed by atoms with Crippen LogP contribution in [0.2, 0.25) is 0 Å². The third-order valence-corrected chi connectivity index (χ3v) is 2.93. The molecule has 0 atom stereocenters. The van der Waals surface area contributed by atoms with E-state index in [0.29, 0.717) is 6.54 Å². The quantitative estimate of drug-likeness (QED) is 0.867. The van der Waals surface area contributed by atoms with Gasteiger partial charge in [0.25, 0.3) is 0 Å². The second kappa shape index (κ2) is 5.08. The van der Waals surface area contributed by atoms with E-state index in [1.807, 2.05) is 6.07 Å². The Bertz CT molecular complexity index is 524. The van der Waals surface area contributed by atoms with Crippen molar-refractivity contribution in [2.45, 2.75) is 27.3 Å². The molecule has 0 amide bonds. The lowest BCUT2D eigenvalue weighted by atomic mass is 10.1. The van der Waals surface area contributed by atoms with Crippen molar-refractivity contribution < 1.29 is 5.11 Å². The molecule has 1 aromatic carbocycles. The first kappa shape index (κ1) is 12.4. The van der Waals surface area contributed by atoms with Crippen molar-refractivity contribution in [2.75, 3.05) is 5.32 Å². The van der Waals surface area contributed by atoms with Crippen LogP contribution in [-0.2, 0) is 6.54 Å². The number of aromatic nitrogens is 1. The highest BCUT2D eigenvalue weighted by atomic mass is 16.3. The molecule has 0 bridgehead atoms. The molecular formula is C15H18N2O. The van der Waals surface area contributed by atoms with E-state index in [9.17, 15) is 5.11 Å². The molecule has 0 aliphatic rings. The average Bonchev–Trinajstić information content (AvgIpc) is 2.30. The van der Waals surface area contributed by atoms with Gasteiger partial charge in [0.2, 0.25) is 0 Å². The third kappa shape index (κ3) is 2.80. The fourth-order valence-electron chi connectivity index (χ4n) is 2.16. The van der Waals surface area contributed by atoms with Gasteiger partial charge in [-0.25, -0.2) is 0 Å². The minimum absolute atomic E-state index is 0.196. The van der Waals surface area contributed by atoms with Gasteiger partial charge in [0.1, 0.15) is 5.75 Å². The summed E-state index contributed by atoms with van der Waals surface area (Å²) in [5.41, 5.74) is 5.83. The van der Waals surface area contributed by atoms with Crippen LogP contribution in [0.4, 0.5) is 5.69 Å². The number of pyridine rings is 1. The summed E-state index contributed by atoms with van der Waals surface area (Å²) in [6, 6.07) is 7.80. The van der Waals surface area contributed by atoms with Crippen molar-refractivity contribution >= 4 is 5.69 Å². The molecule has 0 radical (unpaired) electrons. The van der Waals surface area contributed by atoms with E-state index in [2.05, 4.69) is 43.2 Å². The summed E-state index contributed by atoms with van der Waals surface area (Å²) < 4.78 is 0. The van der Waals surface area contributed by atoms with E-state index in [1.54, 1.807) is 6.07 Å². The number of anilines is 1. The topological polar surface area (TPSA) is 45.1 Å². The third-order valence-electron chi connectivity index (χ3n) is 2.93. The van der Waals surface area contributed by atoms with E-state index in [4.69, 9.17) is 0 Å². The molecule has 1 heterocycles. The van der Waals surface area contributed by atoms with Crippen LogP contribution >= 0.6 is 0 Å². The molecule has 0 aliphatic heterocycles. The number of rotatable bonds is 3. The van der Waals surface area contributed by atoms with E-state index < -0.39 is 0 Å². The van der Waals surface area contributed by atoms with Gasteiger partial charge in [-0.15, -0.1) is 0 Å². The largest absolute Gasteiger partial charge is 0.506 e. The molecule has 0 unspecified atom stereocenters.